The van der Waals surface area contributed by atoms with Gasteiger partial charge in [-0.15, -0.1) is 0 Å². The first-order chi connectivity index (χ1) is 10.3. The predicted octanol–water partition coefficient (Wildman–Crippen LogP) is 2.01. The Morgan fingerprint density at radius 3 is 2.62 bits per heavy atom. The van der Waals surface area contributed by atoms with Gasteiger partial charge >= 0.3 is 0 Å². The van der Waals surface area contributed by atoms with Gasteiger partial charge in [0.1, 0.15) is 5.82 Å². The number of piperazine rings is 1. The molecule has 0 spiro atoms. The van der Waals surface area contributed by atoms with Crippen molar-refractivity contribution in [3.63, 3.8) is 0 Å². The van der Waals surface area contributed by atoms with E-state index in [0.29, 0.717) is 5.82 Å². The van der Waals surface area contributed by atoms with Crippen molar-refractivity contribution in [2.24, 2.45) is 5.92 Å². The predicted molar refractivity (Wildman–Crippen MR) is 84.5 cm³/mol. The second-order valence-corrected chi connectivity index (χ2v) is 5.96. The first-order valence-electron chi connectivity index (χ1n) is 8.05. The van der Waals surface area contributed by atoms with Crippen LogP contribution in [0.4, 0.5) is 11.5 Å². The summed E-state index contributed by atoms with van der Waals surface area (Å²) in [5.74, 6) is 0.981. The molecule has 1 saturated carbocycles. The highest BCUT2D eigenvalue weighted by Gasteiger charge is 2.21. The number of hydrogen-bond donors (Lipinski definition) is 2. The van der Waals surface area contributed by atoms with Gasteiger partial charge in [0, 0.05) is 32.1 Å². The molecule has 0 radical (unpaired) electrons. The molecule has 2 fully saturated rings. The third kappa shape index (κ3) is 3.73. The Hall–Kier alpha value is -1.62. The Labute approximate surface area is 126 Å². The molecule has 0 aromatic carbocycles. The van der Waals surface area contributed by atoms with Crippen molar-refractivity contribution in [2.75, 3.05) is 36.4 Å². The lowest BCUT2D eigenvalue weighted by Crippen LogP contribution is -2.43. The minimum atomic E-state index is 0.136. The molecule has 5 nitrogen and oxygen atoms in total. The Morgan fingerprint density at radius 2 is 1.95 bits per heavy atom. The fraction of sp³-hybridized carbons (Fsp3) is 0.625. The Balaban J connectivity index is 1.57. The number of pyridine rings is 1. The number of carbonyl (C=O) groups excluding carboxylic acids is 1. The second kappa shape index (κ2) is 6.89. The van der Waals surface area contributed by atoms with Crippen LogP contribution in [0.1, 0.15) is 32.1 Å². The second-order valence-electron chi connectivity index (χ2n) is 5.96. The van der Waals surface area contributed by atoms with Crippen LogP contribution < -0.4 is 15.5 Å². The fourth-order valence-corrected chi connectivity index (χ4v) is 3.16. The van der Waals surface area contributed by atoms with E-state index in [2.05, 4.69) is 26.6 Å². The molecule has 1 aromatic heterocycles. The van der Waals surface area contributed by atoms with E-state index >= 15 is 0 Å². The molecule has 5 heteroatoms. The van der Waals surface area contributed by atoms with Gasteiger partial charge in [-0.1, -0.05) is 19.3 Å². The lowest BCUT2D eigenvalue weighted by atomic mass is 9.89. The van der Waals surface area contributed by atoms with Crippen LogP contribution in [0.2, 0.25) is 0 Å². The Bertz CT molecular complexity index is 462. The number of nitrogens with one attached hydrogen (secondary N) is 2. The van der Waals surface area contributed by atoms with Crippen molar-refractivity contribution in [1.82, 2.24) is 10.3 Å². The van der Waals surface area contributed by atoms with Gasteiger partial charge in [0.2, 0.25) is 5.91 Å². The maximum Gasteiger partial charge on any atom is 0.228 e. The number of hydrogen-bond acceptors (Lipinski definition) is 4. The van der Waals surface area contributed by atoms with Crippen LogP contribution in [0.15, 0.2) is 18.3 Å². The maximum atomic E-state index is 12.2. The molecule has 1 amide bonds. The molecule has 0 bridgehead atoms. The number of aromatic nitrogens is 1. The van der Waals surface area contributed by atoms with Crippen LogP contribution in [0, 0.1) is 5.92 Å². The van der Waals surface area contributed by atoms with Crippen LogP contribution in [-0.2, 0) is 4.79 Å². The third-order valence-corrected chi connectivity index (χ3v) is 4.46. The average molecular weight is 288 g/mol. The summed E-state index contributed by atoms with van der Waals surface area (Å²) in [7, 11) is 0. The van der Waals surface area contributed by atoms with Crippen LogP contribution in [0.5, 0.6) is 0 Å². The van der Waals surface area contributed by atoms with Crippen molar-refractivity contribution >= 4 is 17.4 Å². The summed E-state index contributed by atoms with van der Waals surface area (Å²) in [4.78, 5) is 18.9. The molecule has 1 aromatic rings. The summed E-state index contributed by atoms with van der Waals surface area (Å²) in [5.41, 5.74) is 1.13. The zero-order valence-corrected chi connectivity index (χ0v) is 12.5. The van der Waals surface area contributed by atoms with Gasteiger partial charge in [0.25, 0.3) is 0 Å². The van der Waals surface area contributed by atoms with Gasteiger partial charge in [-0.3, -0.25) is 4.79 Å². The lowest BCUT2D eigenvalue weighted by molar-refractivity contribution is -0.120. The molecule has 0 atom stereocenters. The fourth-order valence-electron chi connectivity index (χ4n) is 3.16. The van der Waals surface area contributed by atoms with E-state index in [1.54, 1.807) is 0 Å². The van der Waals surface area contributed by atoms with E-state index in [-0.39, 0.29) is 11.8 Å². The van der Waals surface area contributed by atoms with Gasteiger partial charge < -0.3 is 15.5 Å². The number of anilines is 2. The molecule has 1 saturated heterocycles. The van der Waals surface area contributed by atoms with E-state index < -0.39 is 0 Å². The van der Waals surface area contributed by atoms with Gasteiger partial charge in [-0.25, -0.2) is 4.98 Å². The summed E-state index contributed by atoms with van der Waals surface area (Å²) in [6, 6.07) is 3.97. The van der Waals surface area contributed by atoms with Crippen molar-refractivity contribution in [1.29, 1.82) is 0 Å². The zero-order valence-electron chi connectivity index (χ0n) is 12.5. The number of nitrogens with zero attached hydrogens (tertiary/aromatic N) is 2. The summed E-state index contributed by atoms with van der Waals surface area (Å²) >= 11 is 0. The molecule has 21 heavy (non-hydrogen) atoms. The van der Waals surface area contributed by atoms with E-state index in [0.717, 1.165) is 44.7 Å². The summed E-state index contributed by atoms with van der Waals surface area (Å²) in [6.45, 7) is 4.05. The molecular weight excluding hydrogens is 264 g/mol. The summed E-state index contributed by atoms with van der Waals surface area (Å²) in [6.07, 6.45) is 7.51. The van der Waals surface area contributed by atoms with Crippen molar-refractivity contribution in [3.8, 4) is 0 Å². The van der Waals surface area contributed by atoms with E-state index in [9.17, 15) is 4.79 Å². The molecule has 114 valence electrons. The first kappa shape index (κ1) is 14.3. The van der Waals surface area contributed by atoms with Crippen LogP contribution >= 0.6 is 0 Å². The Morgan fingerprint density at radius 1 is 1.19 bits per heavy atom. The molecule has 2 aliphatic rings. The lowest BCUT2D eigenvalue weighted by Gasteiger charge is -2.29. The normalized spacial score (nSPS) is 20.3. The monoisotopic (exact) mass is 288 g/mol. The molecule has 3 rings (SSSR count). The highest BCUT2D eigenvalue weighted by molar-refractivity contribution is 5.91. The zero-order chi connectivity index (χ0) is 14.5. The average Bonchev–Trinajstić information content (AvgIpc) is 2.57. The molecule has 2 heterocycles. The number of amides is 1. The number of rotatable bonds is 3. The largest absolute Gasteiger partial charge is 0.368 e. The topological polar surface area (TPSA) is 57.3 Å². The standard InChI is InChI=1S/C16H24N4O/c21-16(13-4-2-1-3-5-13)19-15-7-6-14(12-18-15)20-10-8-17-9-11-20/h6-7,12-13,17H,1-5,8-11H2,(H,18,19,21). The van der Waals surface area contributed by atoms with Crippen molar-refractivity contribution < 1.29 is 4.79 Å². The summed E-state index contributed by atoms with van der Waals surface area (Å²) in [5, 5.41) is 6.30. The highest BCUT2D eigenvalue weighted by Crippen LogP contribution is 2.25. The third-order valence-electron chi connectivity index (χ3n) is 4.46. The van der Waals surface area contributed by atoms with Crippen LogP contribution in [0.25, 0.3) is 0 Å². The summed E-state index contributed by atoms with van der Waals surface area (Å²) < 4.78 is 0. The van der Waals surface area contributed by atoms with Gasteiger partial charge in [0.15, 0.2) is 0 Å². The van der Waals surface area contributed by atoms with Crippen molar-refractivity contribution in [3.05, 3.63) is 18.3 Å². The smallest absolute Gasteiger partial charge is 0.228 e. The minimum Gasteiger partial charge on any atom is -0.368 e. The highest BCUT2D eigenvalue weighted by atomic mass is 16.1. The van der Waals surface area contributed by atoms with Crippen molar-refractivity contribution in [2.45, 2.75) is 32.1 Å². The van der Waals surface area contributed by atoms with Gasteiger partial charge in [0.05, 0.1) is 11.9 Å². The van der Waals surface area contributed by atoms with E-state index in [4.69, 9.17) is 0 Å². The quantitative estimate of drug-likeness (QED) is 0.893. The maximum absolute atomic E-state index is 12.2. The first-order valence-corrected chi connectivity index (χ1v) is 8.05. The minimum absolute atomic E-state index is 0.136. The van der Waals surface area contributed by atoms with E-state index in [1.807, 2.05) is 12.3 Å². The molecule has 0 unspecified atom stereocenters. The SMILES string of the molecule is O=C(Nc1ccc(N2CCNCC2)cn1)C1CCCCC1. The van der Waals surface area contributed by atoms with Gasteiger partial charge in [-0.05, 0) is 25.0 Å². The Kier molecular flexibility index (Phi) is 4.70. The molecule has 2 N–H and O–H groups in total. The van der Waals surface area contributed by atoms with Crippen LogP contribution in [0.3, 0.4) is 0 Å². The van der Waals surface area contributed by atoms with E-state index in [1.165, 1.54) is 19.3 Å². The van der Waals surface area contributed by atoms with Crippen LogP contribution in [-0.4, -0.2) is 37.1 Å². The number of carbonyl (C=O) groups is 1. The molecule has 1 aliphatic heterocycles. The van der Waals surface area contributed by atoms with Gasteiger partial charge in [-0.2, -0.15) is 0 Å². The molecular formula is C16H24N4O. The molecule has 1 aliphatic carbocycles.